The highest BCUT2D eigenvalue weighted by Gasteiger charge is 2.62. The van der Waals surface area contributed by atoms with Crippen LogP contribution in [0.2, 0.25) is 0 Å². The first kappa shape index (κ1) is 42.9. The van der Waals surface area contributed by atoms with E-state index >= 15 is 0 Å². The average molecular weight is 880 g/mol. The monoisotopic (exact) mass is 879 g/mol. The highest BCUT2D eigenvalue weighted by Crippen LogP contribution is 2.46. The fourth-order valence-electron chi connectivity index (χ4n) is 8.12. The molecule has 3 fully saturated rings. The van der Waals surface area contributed by atoms with Crippen molar-refractivity contribution in [2.45, 2.75) is 119 Å². The summed E-state index contributed by atoms with van der Waals surface area (Å²) in [5.74, 6) is -2.72. The molecule has 2 aromatic carbocycles. The Morgan fingerprint density at radius 3 is 2.44 bits per heavy atom. The van der Waals surface area contributed by atoms with Gasteiger partial charge in [-0.05, 0) is 83.6 Å². The van der Waals surface area contributed by atoms with Crippen molar-refractivity contribution in [3.8, 4) is 17.3 Å². The van der Waals surface area contributed by atoms with Crippen LogP contribution in [0.3, 0.4) is 0 Å². The molecule has 330 valence electrons. The second-order valence-electron chi connectivity index (χ2n) is 17.6. The number of nitrogens with zero attached hydrogens (tertiary/aromatic N) is 3. The quantitative estimate of drug-likeness (QED) is 0.163. The molecule has 0 unspecified atom stereocenters. The van der Waals surface area contributed by atoms with Crippen LogP contribution in [0, 0.1) is 5.92 Å². The van der Waals surface area contributed by atoms with Crippen LogP contribution in [-0.4, -0.2) is 88.1 Å². The van der Waals surface area contributed by atoms with E-state index in [1.807, 2.05) is 12.2 Å². The first-order valence-electron chi connectivity index (χ1n) is 20.8. The zero-order valence-corrected chi connectivity index (χ0v) is 35.2. The van der Waals surface area contributed by atoms with Gasteiger partial charge < -0.3 is 30.0 Å². The topological polar surface area (TPSA) is 202 Å². The van der Waals surface area contributed by atoms with Crippen LogP contribution in [0.15, 0.2) is 65.1 Å². The average Bonchev–Trinajstić information content (AvgIpc) is 4.10. The van der Waals surface area contributed by atoms with Crippen molar-refractivity contribution < 1.29 is 49.9 Å². The van der Waals surface area contributed by atoms with Crippen molar-refractivity contribution in [3.05, 3.63) is 66.2 Å². The molecule has 15 nitrogen and oxygen atoms in total. The van der Waals surface area contributed by atoms with Crippen LogP contribution < -0.4 is 25.4 Å². The van der Waals surface area contributed by atoms with Crippen LogP contribution in [0.25, 0.3) is 33.5 Å². The Balaban J connectivity index is 1.15. The smallest absolute Gasteiger partial charge is 0.416 e. The summed E-state index contributed by atoms with van der Waals surface area (Å²) in [6.07, 6.45) is 1.99. The number of carbonyl (C=O) groups is 4. The zero-order valence-electron chi connectivity index (χ0n) is 34.4. The second kappa shape index (κ2) is 16.2. The molecule has 1 saturated heterocycles. The Morgan fingerprint density at radius 1 is 0.984 bits per heavy atom. The molecule has 4 N–H and O–H groups in total. The Hall–Kier alpha value is -5.72. The number of aromatic nitrogens is 2. The van der Waals surface area contributed by atoms with Crippen molar-refractivity contribution in [2.24, 2.45) is 5.92 Å². The summed E-state index contributed by atoms with van der Waals surface area (Å²) in [6.45, 7) is 5.20. The standard InChI is InChI=1S/C43H48F3N7O8S/c1-41(2,3)51-40(57)47-30-13-8-6-4-5-7-11-26-22-42(26,39(56)52-62(58,59)28-19-20-28)50-36(54)31-21-27(23-53(31)38(30)55)60-37-34-33(29-12-9-10-14-32(29)61-34)48-35(49-37)24-15-17-25(18-16-24)43(44,45)46/h7,9-12,14-18,26-28,30-31H,4-6,8,13,19-23H2,1-3H3,(H,50,54)(H,52,56)(H2,47,51,57)/b11-7-/t26-,27-,30+,31+,42-/m1/s1. The molecule has 5 amide bonds. The van der Waals surface area contributed by atoms with Crippen molar-refractivity contribution in [2.75, 3.05) is 6.54 Å². The molecule has 19 heteroatoms. The van der Waals surface area contributed by atoms with Gasteiger partial charge >= 0.3 is 12.2 Å². The van der Waals surface area contributed by atoms with Crippen LogP contribution in [0.1, 0.15) is 84.1 Å². The van der Waals surface area contributed by atoms with Crippen molar-refractivity contribution in [1.29, 1.82) is 0 Å². The Morgan fingerprint density at radius 2 is 1.73 bits per heavy atom. The van der Waals surface area contributed by atoms with E-state index in [4.69, 9.17) is 9.15 Å². The molecule has 0 spiro atoms. The number of furan rings is 1. The van der Waals surface area contributed by atoms with E-state index in [1.54, 1.807) is 45.0 Å². The normalized spacial score (nSPS) is 25.5. The number of urea groups is 1. The lowest BCUT2D eigenvalue weighted by Crippen LogP contribution is -2.59. The largest absolute Gasteiger partial charge is 0.470 e. The van der Waals surface area contributed by atoms with E-state index in [1.165, 1.54) is 17.0 Å². The Bertz CT molecular complexity index is 2550. The third-order valence-corrected chi connectivity index (χ3v) is 13.4. The van der Waals surface area contributed by atoms with E-state index in [0.717, 1.165) is 18.6 Å². The molecule has 2 aromatic heterocycles. The highest BCUT2D eigenvalue weighted by atomic mass is 32.2. The number of fused-ring (bicyclic) bond motifs is 5. The third kappa shape index (κ3) is 9.08. The minimum atomic E-state index is -4.57. The van der Waals surface area contributed by atoms with Gasteiger partial charge in [0, 0.05) is 28.8 Å². The second-order valence-corrected chi connectivity index (χ2v) is 19.6. The molecule has 4 heterocycles. The Labute approximate surface area is 355 Å². The number of ether oxygens (including phenoxy) is 1. The molecule has 0 bridgehead atoms. The maximum Gasteiger partial charge on any atom is 0.416 e. The van der Waals surface area contributed by atoms with Gasteiger partial charge in [-0.15, -0.1) is 0 Å². The van der Waals surface area contributed by atoms with Gasteiger partial charge in [0.25, 0.3) is 11.8 Å². The molecule has 2 aliphatic carbocycles. The van der Waals surface area contributed by atoms with Gasteiger partial charge in [0.05, 0.1) is 17.4 Å². The number of sulfonamides is 1. The first-order chi connectivity index (χ1) is 29.3. The number of halogens is 3. The third-order valence-electron chi connectivity index (χ3n) is 11.6. The van der Waals surface area contributed by atoms with E-state index in [9.17, 15) is 40.8 Å². The van der Waals surface area contributed by atoms with Gasteiger partial charge in [-0.25, -0.2) is 18.2 Å². The fourth-order valence-corrected chi connectivity index (χ4v) is 9.49. The molecular weight excluding hydrogens is 832 g/mol. The molecule has 8 rings (SSSR count). The maximum absolute atomic E-state index is 14.7. The number of carbonyl (C=O) groups excluding carboxylic acids is 4. The minimum Gasteiger partial charge on any atom is -0.470 e. The summed E-state index contributed by atoms with van der Waals surface area (Å²) in [5, 5.41) is 8.36. The lowest BCUT2D eigenvalue weighted by atomic mass is 10.0. The number of rotatable bonds is 7. The molecule has 5 atom stereocenters. The summed E-state index contributed by atoms with van der Waals surface area (Å²) >= 11 is 0. The molecule has 0 radical (unpaired) electrons. The SMILES string of the molecule is CC(C)(C)NC(=O)N[C@H]1CCCCC/C=C\[C@@H]2C[C@@]2(C(=O)NS(=O)(=O)C2CC2)NC(=O)[C@@H]2C[C@@H](Oc3nc(-c4ccc(C(F)(F)F)cc4)nc4c3oc3ccccc34)CN2C1=O. The van der Waals surface area contributed by atoms with Crippen LogP contribution in [0.5, 0.6) is 5.88 Å². The number of nitrogens with one attached hydrogen (secondary N) is 4. The number of alkyl halides is 3. The summed E-state index contributed by atoms with van der Waals surface area (Å²) < 4.78 is 81.1. The molecule has 4 aromatic rings. The van der Waals surface area contributed by atoms with Crippen molar-refractivity contribution in [1.82, 2.24) is 35.5 Å². The summed E-state index contributed by atoms with van der Waals surface area (Å²) in [5.41, 5.74) is -1.95. The predicted octanol–water partition coefficient (Wildman–Crippen LogP) is 5.88. The highest BCUT2D eigenvalue weighted by molar-refractivity contribution is 7.91. The van der Waals surface area contributed by atoms with Crippen LogP contribution in [-0.2, 0) is 30.6 Å². The predicted molar refractivity (Wildman–Crippen MR) is 221 cm³/mol. The van der Waals surface area contributed by atoms with Gasteiger partial charge in [-0.2, -0.15) is 18.2 Å². The van der Waals surface area contributed by atoms with Crippen LogP contribution >= 0.6 is 0 Å². The first-order valence-corrected chi connectivity index (χ1v) is 22.3. The van der Waals surface area contributed by atoms with Gasteiger partial charge in [0.15, 0.2) is 5.82 Å². The Kier molecular flexibility index (Phi) is 11.2. The van der Waals surface area contributed by atoms with Crippen LogP contribution in [0.4, 0.5) is 18.0 Å². The van der Waals surface area contributed by atoms with Gasteiger partial charge in [-0.3, -0.25) is 19.1 Å². The van der Waals surface area contributed by atoms with Gasteiger partial charge in [-0.1, -0.05) is 49.3 Å². The van der Waals surface area contributed by atoms with Gasteiger partial charge in [0.1, 0.15) is 34.8 Å². The van der Waals surface area contributed by atoms with E-state index < -0.39 is 85.9 Å². The molecular formula is C43H48F3N7O8S. The summed E-state index contributed by atoms with van der Waals surface area (Å²) in [6, 6.07) is 8.42. The van der Waals surface area contributed by atoms with Crippen molar-refractivity contribution >= 4 is 55.8 Å². The lowest BCUT2D eigenvalue weighted by molar-refractivity contribution is -0.141. The number of benzene rings is 2. The summed E-state index contributed by atoms with van der Waals surface area (Å²) in [4.78, 5) is 66.9. The number of allylic oxidation sites excluding steroid dienone is 1. The molecule has 4 aliphatic rings. The lowest BCUT2D eigenvalue weighted by Gasteiger charge is -2.30. The molecule has 2 saturated carbocycles. The minimum absolute atomic E-state index is 0.0329. The van der Waals surface area contributed by atoms with E-state index in [0.29, 0.717) is 48.6 Å². The number of hydrogen-bond donors (Lipinski definition) is 4. The maximum atomic E-state index is 14.7. The van der Waals surface area contributed by atoms with E-state index in [-0.39, 0.29) is 48.7 Å². The zero-order chi connectivity index (χ0) is 44.2. The van der Waals surface area contributed by atoms with E-state index in [2.05, 4.69) is 30.6 Å². The molecule has 62 heavy (non-hydrogen) atoms. The molecule has 2 aliphatic heterocycles. The van der Waals surface area contributed by atoms with Crippen molar-refractivity contribution in [3.63, 3.8) is 0 Å². The number of para-hydroxylation sites is 1. The summed E-state index contributed by atoms with van der Waals surface area (Å²) in [7, 11) is -3.97. The fraction of sp³-hybridized carbons (Fsp3) is 0.488. The number of hydrogen-bond acceptors (Lipinski definition) is 10. The van der Waals surface area contributed by atoms with Gasteiger partial charge in [0.2, 0.25) is 27.4 Å². The number of amides is 5.